The molecule has 6 aromatic rings. The van der Waals surface area contributed by atoms with Gasteiger partial charge in [-0.2, -0.15) is 5.10 Å². The number of benzene rings is 3. The summed E-state index contributed by atoms with van der Waals surface area (Å²) in [6.07, 6.45) is 3.55. The Kier molecular flexibility index (Phi) is 18.6. The lowest BCUT2D eigenvalue weighted by Gasteiger charge is -2.33. The summed E-state index contributed by atoms with van der Waals surface area (Å²) in [5.41, 5.74) is 7.94. The molecule has 380 valence electrons. The van der Waals surface area contributed by atoms with Gasteiger partial charge < -0.3 is 39.6 Å². The molecule has 4 heterocycles. The third-order valence-electron chi connectivity index (χ3n) is 12.0. The fraction of sp³-hybridized carbons (Fsp3) is 0.385. The highest BCUT2D eigenvalue weighted by atomic mass is 35.5. The number of hydrogen-bond acceptors (Lipinski definition) is 13. The van der Waals surface area contributed by atoms with Crippen molar-refractivity contribution in [1.29, 1.82) is 0 Å². The van der Waals surface area contributed by atoms with E-state index >= 15 is 0 Å². The second-order valence-corrected chi connectivity index (χ2v) is 20.0. The predicted molar refractivity (Wildman–Crippen MR) is 276 cm³/mol. The van der Waals surface area contributed by atoms with E-state index in [1.807, 2.05) is 107 Å². The number of carbonyl (C=O) groups excluding carboxylic acids is 4. The number of halogens is 2. The quantitative estimate of drug-likeness (QED) is 0.0380. The van der Waals surface area contributed by atoms with Crippen molar-refractivity contribution < 1.29 is 43.2 Å². The van der Waals surface area contributed by atoms with Crippen LogP contribution in [0.25, 0.3) is 32.6 Å². The minimum atomic E-state index is -0.899. The van der Waals surface area contributed by atoms with Crippen LogP contribution in [-0.2, 0) is 46.5 Å². The number of aryl methyl sites for hydroxylation is 1. The molecule has 4 atom stereocenters. The number of fused-ring (bicyclic) bond motifs is 1. The number of ether oxygens (including phenoxy) is 4. The molecular weight excluding hydrogens is 984 g/mol. The zero-order valence-electron chi connectivity index (χ0n) is 40.7. The lowest BCUT2D eigenvalue weighted by molar-refractivity contribution is -0.142. The summed E-state index contributed by atoms with van der Waals surface area (Å²) >= 11 is 14.1. The third-order valence-corrected chi connectivity index (χ3v) is 13.6. The van der Waals surface area contributed by atoms with Gasteiger partial charge in [-0.1, -0.05) is 86.4 Å². The lowest BCUT2D eigenvalue weighted by Crippen LogP contribution is -2.50. The van der Waals surface area contributed by atoms with E-state index in [2.05, 4.69) is 35.8 Å². The molecule has 1 unspecified atom stereocenters. The molecule has 20 heteroatoms. The minimum Gasteiger partial charge on any atom is -0.489 e. The summed E-state index contributed by atoms with van der Waals surface area (Å²) in [5, 5.41) is 25.8. The highest BCUT2D eigenvalue weighted by Crippen LogP contribution is 2.33. The first-order chi connectivity index (χ1) is 34.5. The molecule has 0 bridgehead atoms. The van der Waals surface area contributed by atoms with Crippen LogP contribution in [0.5, 0.6) is 5.75 Å². The van der Waals surface area contributed by atoms with Crippen LogP contribution in [0.3, 0.4) is 0 Å². The molecule has 4 amide bonds. The maximum absolute atomic E-state index is 14.0. The SMILES string of the molecule is Cc1ncsc1-c1ccc([C@H](C)NC(=O)[C@@H]2C[C@@H](O)CN2C(=O)C(/C=N/C(=O)COCCOCCOCC(=O)NCc2cccc(-c3n[nH]c4ccc(OCc5c(Cl)cncc5Cl)cc34)c2)C(C)(C)C)cc1. The Labute approximate surface area is 431 Å². The molecule has 1 aliphatic rings. The van der Waals surface area contributed by atoms with Gasteiger partial charge in [0, 0.05) is 54.6 Å². The van der Waals surface area contributed by atoms with Gasteiger partial charge in [-0.3, -0.25) is 29.3 Å². The van der Waals surface area contributed by atoms with Crippen molar-refractivity contribution >= 4 is 75.3 Å². The lowest BCUT2D eigenvalue weighted by atomic mass is 9.80. The molecular formula is C52H58Cl2N8O9S. The highest BCUT2D eigenvalue weighted by molar-refractivity contribution is 7.13. The normalized spacial score (nSPS) is 15.8. The van der Waals surface area contributed by atoms with E-state index < -0.39 is 35.3 Å². The smallest absolute Gasteiger partial charge is 0.271 e. The molecule has 4 N–H and O–H groups in total. The van der Waals surface area contributed by atoms with Crippen LogP contribution in [0.15, 0.2) is 89.6 Å². The van der Waals surface area contributed by atoms with Gasteiger partial charge in [0.25, 0.3) is 5.91 Å². The predicted octanol–water partition coefficient (Wildman–Crippen LogP) is 7.71. The van der Waals surface area contributed by atoms with Crippen molar-refractivity contribution in [3.8, 4) is 27.4 Å². The van der Waals surface area contributed by atoms with Crippen molar-refractivity contribution in [2.75, 3.05) is 46.2 Å². The Hall–Kier alpha value is -6.12. The van der Waals surface area contributed by atoms with Crippen molar-refractivity contribution in [2.45, 2.75) is 72.4 Å². The average Bonchev–Trinajstić information content (AvgIpc) is 4.10. The molecule has 17 nitrogen and oxygen atoms in total. The number of aromatic nitrogens is 4. The summed E-state index contributed by atoms with van der Waals surface area (Å²) in [4.78, 5) is 67.7. The molecule has 7 rings (SSSR count). The fourth-order valence-corrected chi connectivity index (χ4v) is 9.29. The fourth-order valence-electron chi connectivity index (χ4n) is 8.01. The number of pyridine rings is 1. The number of carbonyl (C=O) groups is 4. The highest BCUT2D eigenvalue weighted by Gasteiger charge is 2.44. The third kappa shape index (κ3) is 14.3. The Morgan fingerprint density at radius 3 is 2.39 bits per heavy atom. The van der Waals surface area contributed by atoms with Crippen LogP contribution in [0.4, 0.5) is 0 Å². The minimum absolute atomic E-state index is 0.0199. The van der Waals surface area contributed by atoms with Crippen molar-refractivity contribution in [3.63, 3.8) is 0 Å². The molecule has 0 radical (unpaired) electrons. The summed E-state index contributed by atoms with van der Waals surface area (Å²) in [6, 6.07) is 19.9. The van der Waals surface area contributed by atoms with Crippen molar-refractivity contribution in [1.82, 2.24) is 35.7 Å². The van der Waals surface area contributed by atoms with Crippen LogP contribution in [-0.4, -0.2) is 118 Å². The van der Waals surface area contributed by atoms with Gasteiger partial charge in [-0.25, -0.2) is 9.98 Å². The maximum Gasteiger partial charge on any atom is 0.271 e. The van der Waals surface area contributed by atoms with Crippen molar-refractivity contribution in [3.05, 3.63) is 117 Å². The first-order valence-corrected chi connectivity index (χ1v) is 25.0. The number of aliphatic imine (C=N–C) groups is 1. The molecule has 0 saturated carbocycles. The van der Waals surface area contributed by atoms with Crippen LogP contribution < -0.4 is 15.4 Å². The number of amides is 4. The monoisotopic (exact) mass is 1040 g/mol. The van der Waals surface area contributed by atoms with Gasteiger partial charge >= 0.3 is 0 Å². The number of H-pyrrole nitrogens is 1. The Morgan fingerprint density at radius 2 is 1.68 bits per heavy atom. The van der Waals surface area contributed by atoms with E-state index in [4.69, 9.17) is 42.1 Å². The number of rotatable bonds is 22. The van der Waals surface area contributed by atoms with Gasteiger partial charge in [0.05, 0.1) is 76.1 Å². The van der Waals surface area contributed by atoms with Gasteiger partial charge in [0.2, 0.25) is 17.7 Å². The number of β-amino-alcohol motifs (C(OH)–C–C–N with tert-alkyl or cyclic N) is 1. The summed E-state index contributed by atoms with van der Waals surface area (Å²) < 4.78 is 22.5. The number of likely N-dealkylation sites (tertiary alicyclic amines) is 1. The van der Waals surface area contributed by atoms with E-state index in [9.17, 15) is 24.3 Å². The number of hydrogen-bond donors (Lipinski definition) is 4. The second-order valence-electron chi connectivity index (χ2n) is 18.4. The molecule has 3 aromatic heterocycles. The first-order valence-electron chi connectivity index (χ1n) is 23.4. The average molecular weight is 1040 g/mol. The van der Waals surface area contributed by atoms with E-state index in [0.29, 0.717) is 21.4 Å². The molecule has 0 aliphatic carbocycles. The van der Waals surface area contributed by atoms with Crippen molar-refractivity contribution in [2.24, 2.45) is 16.3 Å². The summed E-state index contributed by atoms with van der Waals surface area (Å²) in [6.45, 7) is 9.90. The van der Waals surface area contributed by atoms with Gasteiger partial charge in [-0.15, -0.1) is 11.3 Å². The van der Waals surface area contributed by atoms with E-state index in [1.54, 1.807) is 11.3 Å². The topological polar surface area (TPSA) is 220 Å². The number of nitrogens with zero attached hydrogens (tertiary/aromatic N) is 5. The zero-order chi connectivity index (χ0) is 51.4. The zero-order valence-corrected chi connectivity index (χ0v) is 43.0. The number of nitrogens with one attached hydrogen (secondary N) is 3. The van der Waals surface area contributed by atoms with Gasteiger partial charge in [0.1, 0.15) is 37.3 Å². The molecule has 0 spiro atoms. The molecule has 1 aliphatic heterocycles. The number of aliphatic hydroxyl groups excluding tert-OH is 1. The van der Waals surface area contributed by atoms with E-state index in [0.717, 1.165) is 49.4 Å². The van der Waals surface area contributed by atoms with E-state index in [-0.39, 0.29) is 83.6 Å². The van der Waals surface area contributed by atoms with Crippen LogP contribution in [0, 0.1) is 18.3 Å². The van der Waals surface area contributed by atoms with Gasteiger partial charge in [-0.05, 0) is 60.2 Å². The Morgan fingerprint density at radius 1 is 0.958 bits per heavy atom. The summed E-state index contributed by atoms with van der Waals surface area (Å²) in [7, 11) is 0. The molecule has 1 fully saturated rings. The maximum atomic E-state index is 14.0. The molecule has 1 saturated heterocycles. The van der Waals surface area contributed by atoms with Crippen LogP contribution in [0.2, 0.25) is 10.0 Å². The standard InChI is InChI=1S/C52H58Cl2N8O9S/c1-31(34-9-11-35(12-10-34)49-32(2)58-30-72-49)59-50(66)45-20-37(63)26-62(45)51(67)41(52(3,4)5)23-57-47(65)29-70-18-16-68-15-17-69-28-46(64)56-22-33-7-6-8-36(19-33)48-39-21-38(13-14-44(39)60-61-48)71-27-40-42(53)24-55-25-43(40)54/h6-14,19,21,23-25,30-31,37,41,45,63H,15-18,20,22,26-29H2,1-5H3,(H,56,64)(H,59,66)(H,60,61)/b57-23+/t31-,37+,41?,45-/m0/s1. The van der Waals surface area contributed by atoms with Gasteiger partial charge in [0.15, 0.2) is 0 Å². The Balaban J connectivity index is 0.782. The number of aromatic amines is 1. The number of aliphatic hydroxyl groups is 1. The van der Waals surface area contributed by atoms with Crippen LogP contribution >= 0.6 is 34.5 Å². The first kappa shape index (κ1) is 53.7. The Bertz CT molecular complexity index is 2850. The van der Waals surface area contributed by atoms with Crippen LogP contribution in [0.1, 0.15) is 62.5 Å². The molecule has 3 aromatic carbocycles. The summed E-state index contributed by atoms with van der Waals surface area (Å²) in [5.74, 6) is -1.93. The largest absolute Gasteiger partial charge is 0.489 e. The van der Waals surface area contributed by atoms with E-state index in [1.165, 1.54) is 23.5 Å². The number of thiazole rings is 1. The second kappa shape index (κ2) is 25.0. The molecule has 72 heavy (non-hydrogen) atoms.